The molecule has 1 aromatic carbocycles. The standard InChI is InChI=1S/C15H22N4/c1-19(8-6-13-3-2-7-16-13)10-12-4-5-14-15(9-12)18-11-17-14/h4-5,9,11,13,16H,2-3,6-8,10H2,1H3,(H,17,18). The third-order valence-corrected chi connectivity index (χ3v) is 3.96. The van der Waals surface area contributed by atoms with Gasteiger partial charge in [-0.1, -0.05) is 6.07 Å². The Bertz CT molecular complexity index is 528. The van der Waals surface area contributed by atoms with Gasteiger partial charge in [-0.25, -0.2) is 4.98 Å². The maximum Gasteiger partial charge on any atom is 0.0931 e. The fourth-order valence-corrected chi connectivity index (χ4v) is 2.85. The molecule has 2 aromatic rings. The SMILES string of the molecule is CN(CCC1CCCN1)Cc1ccc2nc[nH]c2c1. The highest BCUT2D eigenvalue weighted by Crippen LogP contribution is 2.14. The van der Waals surface area contributed by atoms with Crippen LogP contribution < -0.4 is 5.32 Å². The van der Waals surface area contributed by atoms with E-state index >= 15 is 0 Å². The number of hydrogen-bond donors (Lipinski definition) is 2. The van der Waals surface area contributed by atoms with Gasteiger partial charge in [0.2, 0.25) is 0 Å². The van der Waals surface area contributed by atoms with Crippen molar-refractivity contribution in [1.29, 1.82) is 0 Å². The lowest BCUT2D eigenvalue weighted by Crippen LogP contribution is -2.28. The van der Waals surface area contributed by atoms with Crippen molar-refractivity contribution in [3.63, 3.8) is 0 Å². The Hall–Kier alpha value is -1.39. The first kappa shape index (κ1) is 12.6. The van der Waals surface area contributed by atoms with Crippen LogP contribution in [0, 0.1) is 0 Å². The number of hydrogen-bond acceptors (Lipinski definition) is 3. The Morgan fingerprint density at radius 2 is 2.37 bits per heavy atom. The van der Waals surface area contributed by atoms with Crippen LogP contribution in [0.5, 0.6) is 0 Å². The van der Waals surface area contributed by atoms with Crippen molar-refractivity contribution in [3.8, 4) is 0 Å². The molecule has 1 aromatic heterocycles. The van der Waals surface area contributed by atoms with E-state index in [1.165, 1.54) is 31.4 Å². The van der Waals surface area contributed by atoms with Crippen LogP contribution in [0.2, 0.25) is 0 Å². The van der Waals surface area contributed by atoms with Crippen molar-refractivity contribution in [2.75, 3.05) is 20.1 Å². The Morgan fingerprint density at radius 3 is 3.21 bits per heavy atom. The molecule has 2 N–H and O–H groups in total. The van der Waals surface area contributed by atoms with E-state index < -0.39 is 0 Å². The van der Waals surface area contributed by atoms with Crippen molar-refractivity contribution < 1.29 is 0 Å². The summed E-state index contributed by atoms with van der Waals surface area (Å²) in [7, 11) is 2.20. The van der Waals surface area contributed by atoms with Crippen LogP contribution in [-0.4, -0.2) is 41.0 Å². The Labute approximate surface area is 114 Å². The molecule has 1 aliphatic rings. The molecule has 4 heteroatoms. The molecule has 0 spiro atoms. The van der Waals surface area contributed by atoms with Crippen LogP contribution in [0.1, 0.15) is 24.8 Å². The molecule has 2 heterocycles. The molecule has 1 unspecified atom stereocenters. The monoisotopic (exact) mass is 258 g/mol. The van der Waals surface area contributed by atoms with E-state index in [0.717, 1.165) is 30.2 Å². The minimum absolute atomic E-state index is 0.734. The lowest BCUT2D eigenvalue weighted by molar-refractivity contribution is 0.306. The van der Waals surface area contributed by atoms with Crippen molar-refractivity contribution in [3.05, 3.63) is 30.1 Å². The van der Waals surface area contributed by atoms with Crippen molar-refractivity contribution >= 4 is 11.0 Å². The van der Waals surface area contributed by atoms with Gasteiger partial charge in [0.25, 0.3) is 0 Å². The molecule has 0 saturated carbocycles. The third-order valence-electron chi connectivity index (χ3n) is 3.96. The number of fused-ring (bicyclic) bond motifs is 1. The van der Waals surface area contributed by atoms with Gasteiger partial charge in [0.1, 0.15) is 0 Å². The summed E-state index contributed by atoms with van der Waals surface area (Å²) in [5.74, 6) is 0. The van der Waals surface area contributed by atoms with Gasteiger partial charge in [-0.2, -0.15) is 0 Å². The number of benzene rings is 1. The van der Waals surface area contributed by atoms with Crippen LogP contribution >= 0.6 is 0 Å². The molecule has 1 fully saturated rings. The maximum absolute atomic E-state index is 4.25. The molecule has 1 aliphatic heterocycles. The summed E-state index contributed by atoms with van der Waals surface area (Å²) in [6.45, 7) is 3.35. The van der Waals surface area contributed by atoms with Crippen LogP contribution in [0.4, 0.5) is 0 Å². The molecule has 0 amide bonds. The van der Waals surface area contributed by atoms with Crippen LogP contribution in [0.15, 0.2) is 24.5 Å². The van der Waals surface area contributed by atoms with Gasteiger partial charge in [0.05, 0.1) is 17.4 Å². The molecule has 0 bridgehead atoms. The number of aromatic nitrogens is 2. The minimum atomic E-state index is 0.734. The van der Waals surface area contributed by atoms with E-state index in [-0.39, 0.29) is 0 Å². The highest BCUT2D eigenvalue weighted by molar-refractivity contribution is 5.74. The molecule has 102 valence electrons. The van der Waals surface area contributed by atoms with E-state index in [0.29, 0.717) is 0 Å². The first-order valence-corrected chi connectivity index (χ1v) is 7.15. The van der Waals surface area contributed by atoms with Gasteiger partial charge in [-0.05, 0) is 57.1 Å². The van der Waals surface area contributed by atoms with Gasteiger partial charge in [-0.15, -0.1) is 0 Å². The minimum Gasteiger partial charge on any atom is -0.345 e. The van der Waals surface area contributed by atoms with Crippen LogP contribution in [0.25, 0.3) is 11.0 Å². The highest BCUT2D eigenvalue weighted by Gasteiger charge is 2.14. The van der Waals surface area contributed by atoms with Crippen molar-refractivity contribution in [2.24, 2.45) is 0 Å². The number of aromatic amines is 1. The molecule has 1 saturated heterocycles. The summed E-state index contributed by atoms with van der Waals surface area (Å²) in [4.78, 5) is 9.82. The first-order chi connectivity index (χ1) is 9.31. The number of nitrogens with one attached hydrogen (secondary N) is 2. The zero-order chi connectivity index (χ0) is 13.1. The molecule has 0 aliphatic carbocycles. The fourth-order valence-electron chi connectivity index (χ4n) is 2.85. The fraction of sp³-hybridized carbons (Fsp3) is 0.533. The topological polar surface area (TPSA) is 44.0 Å². The third kappa shape index (κ3) is 3.14. The first-order valence-electron chi connectivity index (χ1n) is 7.15. The number of H-pyrrole nitrogens is 1. The summed E-state index contributed by atoms with van der Waals surface area (Å²) in [5, 5.41) is 3.56. The zero-order valence-electron chi connectivity index (χ0n) is 11.5. The Kier molecular flexibility index (Phi) is 3.80. The second kappa shape index (κ2) is 5.72. The van der Waals surface area contributed by atoms with Gasteiger partial charge in [0, 0.05) is 12.6 Å². The van der Waals surface area contributed by atoms with Gasteiger partial charge in [-0.3, -0.25) is 0 Å². The van der Waals surface area contributed by atoms with Crippen molar-refractivity contribution in [1.82, 2.24) is 20.2 Å². The van der Waals surface area contributed by atoms with E-state index in [1.807, 2.05) is 0 Å². The summed E-state index contributed by atoms with van der Waals surface area (Å²) in [6.07, 6.45) is 5.69. The van der Waals surface area contributed by atoms with E-state index in [4.69, 9.17) is 0 Å². The summed E-state index contributed by atoms with van der Waals surface area (Å²) in [5.41, 5.74) is 3.52. The lowest BCUT2D eigenvalue weighted by atomic mass is 10.1. The summed E-state index contributed by atoms with van der Waals surface area (Å²) in [6, 6.07) is 7.20. The smallest absolute Gasteiger partial charge is 0.0931 e. The molecular formula is C15H22N4. The Morgan fingerprint density at radius 1 is 1.42 bits per heavy atom. The second-order valence-electron chi connectivity index (χ2n) is 5.57. The quantitative estimate of drug-likeness (QED) is 0.863. The molecule has 19 heavy (non-hydrogen) atoms. The second-order valence-corrected chi connectivity index (χ2v) is 5.57. The molecule has 4 nitrogen and oxygen atoms in total. The summed E-state index contributed by atoms with van der Waals surface area (Å²) < 4.78 is 0. The van der Waals surface area contributed by atoms with E-state index in [2.05, 4.69) is 45.4 Å². The number of imidazole rings is 1. The molecule has 0 radical (unpaired) electrons. The average Bonchev–Trinajstić information content (AvgIpc) is 3.07. The molecule has 1 atom stereocenters. The number of nitrogens with zero attached hydrogens (tertiary/aromatic N) is 2. The van der Waals surface area contributed by atoms with E-state index in [1.54, 1.807) is 6.33 Å². The molecular weight excluding hydrogens is 236 g/mol. The zero-order valence-corrected chi connectivity index (χ0v) is 11.5. The van der Waals surface area contributed by atoms with Gasteiger partial charge in [0.15, 0.2) is 0 Å². The van der Waals surface area contributed by atoms with E-state index in [9.17, 15) is 0 Å². The highest BCUT2D eigenvalue weighted by atomic mass is 15.1. The largest absolute Gasteiger partial charge is 0.345 e. The lowest BCUT2D eigenvalue weighted by Gasteiger charge is -2.19. The van der Waals surface area contributed by atoms with Crippen LogP contribution in [-0.2, 0) is 6.54 Å². The van der Waals surface area contributed by atoms with Crippen molar-refractivity contribution in [2.45, 2.75) is 31.8 Å². The van der Waals surface area contributed by atoms with Gasteiger partial charge >= 0.3 is 0 Å². The maximum atomic E-state index is 4.25. The predicted octanol–water partition coefficient (Wildman–Crippen LogP) is 2.14. The predicted molar refractivity (Wildman–Crippen MR) is 78.1 cm³/mol. The number of rotatable bonds is 5. The normalized spacial score (nSPS) is 19.6. The average molecular weight is 258 g/mol. The molecule has 3 rings (SSSR count). The van der Waals surface area contributed by atoms with Crippen LogP contribution in [0.3, 0.4) is 0 Å². The summed E-state index contributed by atoms with van der Waals surface area (Å²) >= 11 is 0. The Balaban J connectivity index is 1.54. The van der Waals surface area contributed by atoms with Gasteiger partial charge < -0.3 is 15.2 Å².